The molecule has 1 atom stereocenters. The lowest BCUT2D eigenvalue weighted by atomic mass is 10.1. The van der Waals surface area contributed by atoms with Crippen molar-refractivity contribution in [2.24, 2.45) is 0 Å². The molecule has 4 rings (SSSR count). The van der Waals surface area contributed by atoms with Crippen molar-refractivity contribution in [3.8, 4) is 17.0 Å². The number of hydrogen-bond acceptors (Lipinski definition) is 5. The second-order valence-electron chi connectivity index (χ2n) is 6.88. The predicted molar refractivity (Wildman–Crippen MR) is 113 cm³/mol. The molecular formula is C22H21N3O3S. The summed E-state index contributed by atoms with van der Waals surface area (Å²) in [7, 11) is 0. The molecule has 1 N–H and O–H groups in total. The van der Waals surface area contributed by atoms with Gasteiger partial charge in [0.1, 0.15) is 12.3 Å². The predicted octanol–water partition coefficient (Wildman–Crippen LogP) is 3.55. The highest BCUT2D eigenvalue weighted by Crippen LogP contribution is 2.37. The van der Waals surface area contributed by atoms with E-state index in [9.17, 15) is 9.59 Å². The molecule has 0 aliphatic carbocycles. The Hall–Kier alpha value is -3.19. The second kappa shape index (κ2) is 8.05. The number of nitrogens with zero attached hydrogens (tertiary/aromatic N) is 2. The van der Waals surface area contributed by atoms with Gasteiger partial charge in [-0.05, 0) is 37.6 Å². The molecule has 1 unspecified atom stereocenters. The number of amides is 2. The molecule has 2 aromatic carbocycles. The van der Waals surface area contributed by atoms with Crippen LogP contribution < -0.4 is 15.0 Å². The Kier molecular flexibility index (Phi) is 5.31. The number of thiazole rings is 1. The third-order valence-corrected chi connectivity index (χ3v) is 5.49. The lowest BCUT2D eigenvalue weighted by molar-refractivity contribution is -0.128. The maximum absolute atomic E-state index is 12.8. The van der Waals surface area contributed by atoms with E-state index in [0.717, 1.165) is 21.8 Å². The molecular weight excluding hydrogens is 386 g/mol. The Labute approximate surface area is 173 Å². The van der Waals surface area contributed by atoms with E-state index in [1.165, 1.54) is 4.90 Å². The van der Waals surface area contributed by atoms with Crippen molar-refractivity contribution < 1.29 is 14.3 Å². The summed E-state index contributed by atoms with van der Waals surface area (Å²) in [5.74, 6) is 0.125. The number of rotatable bonds is 5. The molecule has 29 heavy (non-hydrogen) atoms. The topological polar surface area (TPSA) is 71.5 Å². The average molecular weight is 407 g/mol. The van der Waals surface area contributed by atoms with Crippen LogP contribution in [0.3, 0.4) is 0 Å². The van der Waals surface area contributed by atoms with Crippen LogP contribution in [0.2, 0.25) is 0 Å². The summed E-state index contributed by atoms with van der Waals surface area (Å²) in [4.78, 5) is 31.3. The Balaban J connectivity index is 1.56. The zero-order valence-electron chi connectivity index (χ0n) is 16.2. The second-order valence-corrected chi connectivity index (χ2v) is 7.94. The van der Waals surface area contributed by atoms with Crippen LogP contribution in [0, 0.1) is 6.92 Å². The summed E-state index contributed by atoms with van der Waals surface area (Å²) in [6.07, 6.45) is -0.642. The van der Waals surface area contributed by atoms with E-state index in [-0.39, 0.29) is 18.4 Å². The minimum atomic E-state index is -0.642. The van der Waals surface area contributed by atoms with Gasteiger partial charge in [0, 0.05) is 17.5 Å². The van der Waals surface area contributed by atoms with Gasteiger partial charge in [-0.25, -0.2) is 4.98 Å². The van der Waals surface area contributed by atoms with Crippen molar-refractivity contribution in [3.05, 3.63) is 64.5 Å². The molecule has 1 aliphatic rings. The van der Waals surface area contributed by atoms with Crippen LogP contribution in [0.5, 0.6) is 5.75 Å². The highest BCUT2D eigenvalue weighted by atomic mass is 32.1. The number of aromatic nitrogens is 1. The lowest BCUT2D eigenvalue weighted by Gasteiger charge is -2.32. The van der Waals surface area contributed by atoms with Crippen LogP contribution in [0.1, 0.15) is 17.5 Å². The van der Waals surface area contributed by atoms with Crippen molar-refractivity contribution in [2.75, 3.05) is 11.4 Å². The molecule has 2 amide bonds. The first-order valence-electron chi connectivity index (χ1n) is 9.36. The zero-order valence-corrected chi connectivity index (χ0v) is 17.0. The van der Waals surface area contributed by atoms with E-state index in [4.69, 9.17) is 4.74 Å². The number of carbonyl (C=O) groups excluding carboxylic acids is 2. The van der Waals surface area contributed by atoms with E-state index in [1.807, 2.05) is 60.8 Å². The van der Waals surface area contributed by atoms with E-state index in [1.54, 1.807) is 18.3 Å². The fourth-order valence-electron chi connectivity index (χ4n) is 3.22. The fraction of sp³-hybridized carbons (Fsp3) is 0.227. The summed E-state index contributed by atoms with van der Waals surface area (Å²) in [6.45, 7) is 3.99. The molecule has 2 heterocycles. The van der Waals surface area contributed by atoms with Gasteiger partial charge in [0.05, 0.1) is 16.4 Å². The molecule has 1 aliphatic heterocycles. The van der Waals surface area contributed by atoms with Crippen LogP contribution in [-0.4, -0.2) is 29.4 Å². The van der Waals surface area contributed by atoms with Crippen molar-refractivity contribution in [1.29, 1.82) is 0 Å². The van der Waals surface area contributed by atoms with Gasteiger partial charge in [0.15, 0.2) is 6.10 Å². The Bertz CT molecular complexity index is 1050. The van der Waals surface area contributed by atoms with Gasteiger partial charge < -0.3 is 10.1 Å². The van der Waals surface area contributed by atoms with Crippen molar-refractivity contribution in [3.63, 3.8) is 0 Å². The van der Waals surface area contributed by atoms with E-state index in [2.05, 4.69) is 10.3 Å². The van der Waals surface area contributed by atoms with Crippen LogP contribution in [0.25, 0.3) is 11.3 Å². The van der Waals surface area contributed by atoms with Gasteiger partial charge in [-0.2, -0.15) is 0 Å². The number of benzene rings is 2. The summed E-state index contributed by atoms with van der Waals surface area (Å²) in [5, 5.41) is 5.82. The summed E-state index contributed by atoms with van der Waals surface area (Å²) in [6, 6.07) is 15.3. The number of aryl methyl sites for hydroxylation is 1. The molecule has 0 spiro atoms. The molecule has 0 saturated heterocycles. The lowest BCUT2D eigenvalue weighted by Crippen LogP contribution is -2.48. The number of carbonyl (C=O) groups is 2. The Morgan fingerprint density at radius 3 is 2.76 bits per heavy atom. The van der Waals surface area contributed by atoms with E-state index in [0.29, 0.717) is 18.0 Å². The maximum Gasteiger partial charge on any atom is 0.268 e. The normalized spacial score (nSPS) is 15.6. The Morgan fingerprint density at radius 1 is 1.24 bits per heavy atom. The van der Waals surface area contributed by atoms with Gasteiger partial charge in [0.2, 0.25) is 5.91 Å². The first-order valence-corrected chi connectivity index (χ1v) is 10.2. The molecule has 1 aromatic heterocycles. The molecule has 6 nitrogen and oxygen atoms in total. The smallest absolute Gasteiger partial charge is 0.268 e. The summed E-state index contributed by atoms with van der Waals surface area (Å²) in [5.41, 5.74) is 3.32. The molecule has 0 saturated carbocycles. The minimum absolute atomic E-state index is 0.0636. The van der Waals surface area contributed by atoms with E-state index < -0.39 is 6.10 Å². The van der Waals surface area contributed by atoms with Gasteiger partial charge in [-0.3, -0.25) is 14.5 Å². The molecule has 0 bridgehead atoms. The van der Waals surface area contributed by atoms with Gasteiger partial charge in [-0.1, -0.05) is 30.3 Å². The molecule has 0 fully saturated rings. The third-order valence-electron chi connectivity index (χ3n) is 4.72. The third kappa shape index (κ3) is 4.14. The number of ether oxygens (including phenoxy) is 1. The standard InChI is InChI=1S/C22H21N3O3S/c1-14-22(27)25(12-21(26)23-11-16-6-4-3-5-7-16)19-10-17(8-9-20(19)28-14)18-13-29-15(2)24-18/h3-10,13-14H,11-12H2,1-2H3,(H,23,26). The van der Waals surface area contributed by atoms with Crippen LogP contribution >= 0.6 is 11.3 Å². The average Bonchev–Trinajstić information content (AvgIpc) is 3.17. The van der Waals surface area contributed by atoms with Gasteiger partial charge in [0.25, 0.3) is 5.91 Å². The van der Waals surface area contributed by atoms with Crippen molar-refractivity contribution >= 4 is 28.8 Å². The fourth-order valence-corrected chi connectivity index (χ4v) is 3.84. The first kappa shape index (κ1) is 19.1. The van der Waals surface area contributed by atoms with Crippen LogP contribution in [0.15, 0.2) is 53.9 Å². The monoisotopic (exact) mass is 407 g/mol. The van der Waals surface area contributed by atoms with Crippen molar-refractivity contribution in [1.82, 2.24) is 10.3 Å². The van der Waals surface area contributed by atoms with Gasteiger partial charge >= 0.3 is 0 Å². The summed E-state index contributed by atoms with van der Waals surface area (Å²) < 4.78 is 5.74. The first-order chi connectivity index (χ1) is 14.0. The molecule has 7 heteroatoms. The SMILES string of the molecule is Cc1nc(-c2ccc3c(c2)N(CC(=O)NCc2ccccc2)C(=O)C(C)O3)cs1. The zero-order chi connectivity index (χ0) is 20.4. The highest BCUT2D eigenvalue weighted by molar-refractivity contribution is 7.09. The van der Waals surface area contributed by atoms with Crippen LogP contribution in [-0.2, 0) is 16.1 Å². The quantitative estimate of drug-likeness (QED) is 0.702. The number of fused-ring (bicyclic) bond motifs is 1. The largest absolute Gasteiger partial charge is 0.479 e. The molecule has 3 aromatic rings. The highest BCUT2D eigenvalue weighted by Gasteiger charge is 2.33. The molecule has 148 valence electrons. The summed E-state index contributed by atoms with van der Waals surface area (Å²) >= 11 is 1.57. The number of nitrogens with one attached hydrogen (secondary N) is 1. The number of anilines is 1. The van der Waals surface area contributed by atoms with Gasteiger partial charge in [-0.15, -0.1) is 11.3 Å². The van der Waals surface area contributed by atoms with Crippen molar-refractivity contribution in [2.45, 2.75) is 26.5 Å². The maximum atomic E-state index is 12.8. The minimum Gasteiger partial charge on any atom is -0.479 e. The molecule has 0 radical (unpaired) electrons. The number of hydrogen-bond donors (Lipinski definition) is 1. The Morgan fingerprint density at radius 2 is 2.03 bits per heavy atom. The van der Waals surface area contributed by atoms with E-state index >= 15 is 0 Å². The van der Waals surface area contributed by atoms with Crippen LogP contribution in [0.4, 0.5) is 5.69 Å².